The molecule has 0 aliphatic carbocycles. The summed E-state index contributed by atoms with van der Waals surface area (Å²) in [7, 11) is 0. The van der Waals surface area contributed by atoms with Gasteiger partial charge in [-0.3, -0.25) is 4.79 Å². The molecule has 98 valence electrons. The molecule has 1 atom stereocenters. The van der Waals surface area contributed by atoms with Gasteiger partial charge in [0, 0.05) is 11.1 Å². The molecule has 1 aromatic rings. The fraction of sp³-hybridized carbons (Fsp3) is 0.462. The minimum Gasteiger partial charge on any atom is -0.378 e. The van der Waals surface area contributed by atoms with Crippen LogP contribution in [0.1, 0.15) is 24.5 Å². The highest BCUT2D eigenvalue weighted by molar-refractivity contribution is 6.30. The summed E-state index contributed by atoms with van der Waals surface area (Å²) in [6.45, 7) is 1.81. The lowest BCUT2D eigenvalue weighted by atomic mass is 10.0. The van der Waals surface area contributed by atoms with E-state index in [0.29, 0.717) is 10.6 Å². The zero-order chi connectivity index (χ0) is 13.0. The molecule has 0 saturated carbocycles. The number of aliphatic hydroxyl groups excluding tert-OH is 1. The predicted octanol–water partition coefficient (Wildman–Crippen LogP) is 1.24. The first-order valence-electron chi connectivity index (χ1n) is 6.11. The Kier molecular flexibility index (Phi) is 4.58. The fourth-order valence-corrected chi connectivity index (χ4v) is 2.17. The lowest BCUT2D eigenvalue weighted by Gasteiger charge is -2.24. The number of amides is 1. The van der Waals surface area contributed by atoms with Crippen LogP contribution in [0.15, 0.2) is 24.3 Å². The molecule has 0 aromatic heterocycles. The second kappa shape index (κ2) is 6.18. The van der Waals surface area contributed by atoms with E-state index < -0.39 is 6.10 Å². The monoisotopic (exact) mass is 268 g/mol. The molecule has 0 spiro atoms. The SMILES string of the molecule is O=C(NC1CCNCC1)C(O)c1ccc(Cl)cc1. The Labute approximate surface area is 111 Å². The number of piperidine rings is 1. The third-order valence-corrected chi connectivity index (χ3v) is 3.37. The first-order valence-corrected chi connectivity index (χ1v) is 6.49. The highest BCUT2D eigenvalue weighted by Crippen LogP contribution is 2.17. The molecule has 18 heavy (non-hydrogen) atoms. The van der Waals surface area contributed by atoms with E-state index >= 15 is 0 Å². The van der Waals surface area contributed by atoms with Gasteiger partial charge in [0.25, 0.3) is 5.91 Å². The van der Waals surface area contributed by atoms with Crippen molar-refractivity contribution in [2.75, 3.05) is 13.1 Å². The maximum Gasteiger partial charge on any atom is 0.253 e. The van der Waals surface area contributed by atoms with Gasteiger partial charge in [-0.25, -0.2) is 0 Å². The summed E-state index contributed by atoms with van der Waals surface area (Å²) in [6, 6.07) is 6.81. The minimum atomic E-state index is -1.13. The molecule has 1 aliphatic rings. The quantitative estimate of drug-likeness (QED) is 0.773. The third kappa shape index (κ3) is 3.45. The van der Waals surface area contributed by atoms with Crippen LogP contribution in [-0.4, -0.2) is 30.1 Å². The average Bonchev–Trinajstić information content (AvgIpc) is 2.40. The van der Waals surface area contributed by atoms with Gasteiger partial charge in [-0.1, -0.05) is 23.7 Å². The van der Waals surface area contributed by atoms with E-state index in [9.17, 15) is 9.90 Å². The van der Waals surface area contributed by atoms with E-state index in [0.717, 1.165) is 25.9 Å². The highest BCUT2D eigenvalue weighted by atomic mass is 35.5. The van der Waals surface area contributed by atoms with Crippen molar-refractivity contribution in [1.29, 1.82) is 0 Å². The Morgan fingerprint density at radius 2 is 1.94 bits per heavy atom. The molecule has 4 nitrogen and oxygen atoms in total. The van der Waals surface area contributed by atoms with Crippen LogP contribution in [0.3, 0.4) is 0 Å². The van der Waals surface area contributed by atoms with Crippen molar-refractivity contribution in [3.63, 3.8) is 0 Å². The molecule has 5 heteroatoms. The minimum absolute atomic E-state index is 0.153. The van der Waals surface area contributed by atoms with Crippen LogP contribution < -0.4 is 10.6 Å². The maximum atomic E-state index is 11.9. The molecule has 1 amide bonds. The van der Waals surface area contributed by atoms with Crippen molar-refractivity contribution in [3.05, 3.63) is 34.9 Å². The largest absolute Gasteiger partial charge is 0.378 e. The Balaban J connectivity index is 1.93. The van der Waals surface area contributed by atoms with Crippen LogP contribution in [0.4, 0.5) is 0 Å². The van der Waals surface area contributed by atoms with Gasteiger partial charge < -0.3 is 15.7 Å². The van der Waals surface area contributed by atoms with Crippen molar-refractivity contribution >= 4 is 17.5 Å². The maximum absolute atomic E-state index is 11.9. The molecular formula is C13H17ClN2O2. The van der Waals surface area contributed by atoms with E-state index in [1.165, 1.54) is 0 Å². The van der Waals surface area contributed by atoms with Gasteiger partial charge >= 0.3 is 0 Å². The topological polar surface area (TPSA) is 61.4 Å². The molecule has 0 bridgehead atoms. The second-order valence-corrected chi connectivity index (χ2v) is 4.92. The number of benzene rings is 1. The van der Waals surface area contributed by atoms with E-state index in [2.05, 4.69) is 10.6 Å². The molecule has 1 heterocycles. The molecule has 3 N–H and O–H groups in total. The average molecular weight is 269 g/mol. The Bertz CT molecular complexity index is 402. The van der Waals surface area contributed by atoms with Crippen LogP contribution >= 0.6 is 11.6 Å². The van der Waals surface area contributed by atoms with Crippen molar-refractivity contribution < 1.29 is 9.90 Å². The molecular weight excluding hydrogens is 252 g/mol. The van der Waals surface area contributed by atoms with Crippen molar-refractivity contribution in [1.82, 2.24) is 10.6 Å². The number of rotatable bonds is 3. The third-order valence-electron chi connectivity index (χ3n) is 3.12. The summed E-state index contributed by atoms with van der Waals surface area (Å²) in [4.78, 5) is 11.9. The number of carbonyl (C=O) groups is 1. The van der Waals surface area contributed by atoms with Gasteiger partial charge in [-0.05, 0) is 43.6 Å². The number of aliphatic hydroxyl groups is 1. The Hall–Kier alpha value is -1.10. The number of halogens is 1. The predicted molar refractivity (Wildman–Crippen MR) is 70.4 cm³/mol. The zero-order valence-corrected chi connectivity index (χ0v) is 10.8. The molecule has 1 unspecified atom stereocenters. The molecule has 1 saturated heterocycles. The van der Waals surface area contributed by atoms with Crippen molar-refractivity contribution in [2.45, 2.75) is 25.0 Å². The molecule has 2 rings (SSSR count). The van der Waals surface area contributed by atoms with Gasteiger partial charge in [-0.2, -0.15) is 0 Å². The number of nitrogens with one attached hydrogen (secondary N) is 2. The molecule has 1 fully saturated rings. The van der Waals surface area contributed by atoms with E-state index in [-0.39, 0.29) is 11.9 Å². The fourth-order valence-electron chi connectivity index (χ4n) is 2.04. The normalized spacial score (nSPS) is 18.3. The molecule has 1 aromatic carbocycles. The van der Waals surface area contributed by atoms with Crippen LogP contribution in [0, 0.1) is 0 Å². The first-order chi connectivity index (χ1) is 8.66. The first kappa shape index (κ1) is 13.3. The van der Waals surface area contributed by atoms with Gasteiger partial charge in [0.2, 0.25) is 0 Å². The Morgan fingerprint density at radius 1 is 1.33 bits per heavy atom. The van der Waals surface area contributed by atoms with Gasteiger partial charge in [0.15, 0.2) is 6.10 Å². The lowest BCUT2D eigenvalue weighted by Crippen LogP contribution is -2.44. The van der Waals surface area contributed by atoms with Crippen LogP contribution in [0.2, 0.25) is 5.02 Å². The number of carbonyl (C=O) groups excluding carboxylic acids is 1. The summed E-state index contributed by atoms with van der Waals surface area (Å²) in [6.07, 6.45) is 0.676. The summed E-state index contributed by atoms with van der Waals surface area (Å²) in [5, 5.41) is 16.6. The summed E-state index contributed by atoms with van der Waals surface area (Å²) >= 11 is 5.76. The van der Waals surface area contributed by atoms with Crippen LogP contribution in [-0.2, 0) is 4.79 Å². The zero-order valence-electron chi connectivity index (χ0n) is 10.0. The highest BCUT2D eigenvalue weighted by Gasteiger charge is 2.21. The van der Waals surface area contributed by atoms with Crippen molar-refractivity contribution in [3.8, 4) is 0 Å². The van der Waals surface area contributed by atoms with Gasteiger partial charge in [0.05, 0.1) is 0 Å². The van der Waals surface area contributed by atoms with Crippen molar-refractivity contribution in [2.24, 2.45) is 0 Å². The number of hydrogen-bond donors (Lipinski definition) is 3. The van der Waals surface area contributed by atoms with Gasteiger partial charge in [0.1, 0.15) is 0 Å². The molecule has 0 radical (unpaired) electrons. The van der Waals surface area contributed by atoms with E-state index in [1.54, 1.807) is 24.3 Å². The van der Waals surface area contributed by atoms with Gasteiger partial charge in [-0.15, -0.1) is 0 Å². The summed E-state index contributed by atoms with van der Waals surface area (Å²) in [5.74, 6) is -0.343. The van der Waals surface area contributed by atoms with Crippen LogP contribution in [0.25, 0.3) is 0 Å². The van der Waals surface area contributed by atoms with E-state index in [4.69, 9.17) is 11.6 Å². The smallest absolute Gasteiger partial charge is 0.253 e. The number of hydrogen-bond acceptors (Lipinski definition) is 3. The lowest BCUT2D eigenvalue weighted by molar-refractivity contribution is -0.130. The summed E-state index contributed by atoms with van der Waals surface area (Å²) < 4.78 is 0. The second-order valence-electron chi connectivity index (χ2n) is 4.49. The standard InChI is InChI=1S/C13H17ClN2O2/c14-10-3-1-9(2-4-10)12(17)13(18)16-11-5-7-15-8-6-11/h1-4,11-12,15,17H,5-8H2,(H,16,18). The summed E-state index contributed by atoms with van der Waals surface area (Å²) in [5.41, 5.74) is 0.561. The molecule has 1 aliphatic heterocycles. The van der Waals surface area contributed by atoms with E-state index in [1.807, 2.05) is 0 Å². The Morgan fingerprint density at radius 3 is 2.56 bits per heavy atom. The van der Waals surface area contributed by atoms with Crippen LogP contribution in [0.5, 0.6) is 0 Å².